The number of amides is 2. The quantitative estimate of drug-likeness (QED) is 0.333. The van der Waals surface area contributed by atoms with E-state index in [9.17, 15) is 18.0 Å². The number of hydrogen-bond donors (Lipinski definition) is 1. The van der Waals surface area contributed by atoms with Gasteiger partial charge in [-0.15, -0.1) is 0 Å². The predicted octanol–water partition coefficient (Wildman–Crippen LogP) is 4.15. The topological polar surface area (TPSA) is 105 Å². The summed E-state index contributed by atoms with van der Waals surface area (Å²) in [5.41, 5.74) is 1.86. The SMILES string of the molecule is CCOc1ccccc1N(CC(=O)N(Cc1cccc(OC)c1)C(CC)C(=O)NC)S(=O)(=O)c1ccc(C)cc1. The van der Waals surface area contributed by atoms with Crippen LogP contribution in [0.5, 0.6) is 11.5 Å². The molecule has 3 rings (SSSR count). The maximum atomic E-state index is 14.1. The molecule has 0 aliphatic heterocycles. The highest BCUT2D eigenvalue weighted by Gasteiger charge is 2.34. The Morgan fingerprint density at radius 3 is 2.30 bits per heavy atom. The monoisotopic (exact) mass is 567 g/mol. The van der Waals surface area contributed by atoms with Gasteiger partial charge < -0.3 is 19.7 Å². The number of methoxy groups -OCH3 is 1. The Morgan fingerprint density at radius 2 is 1.68 bits per heavy atom. The van der Waals surface area contributed by atoms with E-state index in [2.05, 4.69) is 5.32 Å². The number of anilines is 1. The molecule has 1 unspecified atom stereocenters. The van der Waals surface area contributed by atoms with Crippen molar-refractivity contribution in [1.82, 2.24) is 10.2 Å². The number of nitrogens with one attached hydrogen (secondary N) is 1. The molecule has 0 bridgehead atoms. The summed E-state index contributed by atoms with van der Waals surface area (Å²) in [6.45, 7) is 5.30. The van der Waals surface area contributed by atoms with E-state index in [1.54, 1.807) is 75.6 Å². The first-order chi connectivity index (χ1) is 19.2. The standard InChI is InChI=1S/C30H37N3O6S/c1-6-26(30(35)31-4)32(20-23-11-10-12-24(19-23)38-5)29(34)21-33(27-13-8-9-14-28(27)39-7-2)40(36,37)25-17-15-22(3)16-18-25/h8-19,26H,6-7,20-21H2,1-5H3,(H,31,35). The third-order valence-electron chi connectivity index (χ3n) is 6.44. The van der Waals surface area contributed by atoms with Crippen molar-refractivity contribution in [1.29, 1.82) is 0 Å². The van der Waals surface area contributed by atoms with Gasteiger partial charge in [-0.05, 0) is 62.2 Å². The summed E-state index contributed by atoms with van der Waals surface area (Å²) in [5, 5.41) is 2.62. The van der Waals surface area contributed by atoms with E-state index in [4.69, 9.17) is 9.47 Å². The fraction of sp³-hybridized carbons (Fsp3) is 0.333. The Labute approximate surface area is 236 Å². The minimum atomic E-state index is -4.20. The van der Waals surface area contributed by atoms with Gasteiger partial charge in [0.05, 0.1) is 24.3 Å². The van der Waals surface area contributed by atoms with Crippen molar-refractivity contribution in [2.24, 2.45) is 0 Å². The fourth-order valence-electron chi connectivity index (χ4n) is 4.35. The van der Waals surface area contributed by atoms with Crippen molar-refractivity contribution in [3.63, 3.8) is 0 Å². The molecule has 0 radical (unpaired) electrons. The first-order valence-electron chi connectivity index (χ1n) is 13.1. The largest absolute Gasteiger partial charge is 0.497 e. The fourth-order valence-corrected chi connectivity index (χ4v) is 5.77. The average molecular weight is 568 g/mol. The molecule has 0 aliphatic rings. The normalized spacial score (nSPS) is 11.8. The third kappa shape index (κ3) is 7.12. The zero-order chi connectivity index (χ0) is 29.3. The van der Waals surface area contributed by atoms with Gasteiger partial charge in [-0.25, -0.2) is 8.42 Å². The molecular weight excluding hydrogens is 530 g/mol. The number of ether oxygens (including phenoxy) is 2. The van der Waals surface area contributed by atoms with Crippen LogP contribution in [-0.2, 0) is 26.2 Å². The van der Waals surface area contributed by atoms with E-state index in [1.807, 2.05) is 13.0 Å². The van der Waals surface area contributed by atoms with E-state index in [0.717, 1.165) is 15.4 Å². The van der Waals surface area contributed by atoms with Gasteiger partial charge in [0.1, 0.15) is 24.1 Å². The molecule has 0 saturated carbocycles. The molecule has 10 heteroatoms. The molecule has 9 nitrogen and oxygen atoms in total. The predicted molar refractivity (Wildman–Crippen MR) is 155 cm³/mol. The minimum absolute atomic E-state index is 0.0369. The van der Waals surface area contributed by atoms with Gasteiger partial charge in [-0.1, -0.05) is 48.9 Å². The Bertz CT molecular complexity index is 1410. The van der Waals surface area contributed by atoms with Crippen molar-refractivity contribution in [2.75, 3.05) is 31.6 Å². The molecule has 3 aromatic rings. The Kier molecular flexibility index (Phi) is 10.6. The van der Waals surface area contributed by atoms with Gasteiger partial charge >= 0.3 is 0 Å². The lowest BCUT2D eigenvalue weighted by molar-refractivity contribution is -0.140. The lowest BCUT2D eigenvalue weighted by Gasteiger charge is -2.33. The molecule has 214 valence electrons. The Balaban J connectivity index is 2.11. The molecule has 3 aromatic carbocycles. The summed E-state index contributed by atoms with van der Waals surface area (Å²) in [5.74, 6) is 0.0416. The molecule has 1 atom stereocenters. The van der Waals surface area contributed by atoms with Gasteiger partial charge in [0.2, 0.25) is 11.8 Å². The van der Waals surface area contributed by atoms with Gasteiger partial charge in [0, 0.05) is 13.6 Å². The first kappa shape index (κ1) is 30.5. The van der Waals surface area contributed by atoms with Crippen LogP contribution in [0.3, 0.4) is 0 Å². The molecular formula is C30H37N3O6S. The third-order valence-corrected chi connectivity index (χ3v) is 8.21. The van der Waals surface area contributed by atoms with Crippen LogP contribution in [-0.4, -0.2) is 58.5 Å². The molecule has 0 saturated heterocycles. The van der Waals surface area contributed by atoms with Crippen molar-refractivity contribution in [3.8, 4) is 11.5 Å². The van der Waals surface area contributed by atoms with Crippen LogP contribution < -0.4 is 19.1 Å². The molecule has 0 spiro atoms. The van der Waals surface area contributed by atoms with Crippen LogP contribution in [0.1, 0.15) is 31.4 Å². The number of aryl methyl sites for hydroxylation is 1. The van der Waals surface area contributed by atoms with E-state index in [1.165, 1.54) is 24.1 Å². The lowest BCUT2D eigenvalue weighted by atomic mass is 10.1. The maximum Gasteiger partial charge on any atom is 0.264 e. The highest BCUT2D eigenvalue weighted by molar-refractivity contribution is 7.92. The smallest absolute Gasteiger partial charge is 0.264 e. The first-order valence-corrected chi connectivity index (χ1v) is 14.5. The average Bonchev–Trinajstić information content (AvgIpc) is 2.96. The highest BCUT2D eigenvalue weighted by atomic mass is 32.2. The number of benzene rings is 3. The number of para-hydroxylation sites is 2. The number of nitrogens with zero attached hydrogens (tertiary/aromatic N) is 2. The minimum Gasteiger partial charge on any atom is -0.497 e. The summed E-state index contributed by atoms with van der Waals surface area (Å²) >= 11 is 0. The van der Waals surface area contributed by atoms with E-state index in [-0.39, 0.29) is 23.0 Å². The lowest BCUT2D eigenvalue weighted by Crippen LogP contribution is -2.51. The number of likely N-dealkylation sites (N-methyl/N-ethyl adjacent to an activating group) is 1. The number of carbonyl (C=O) groups is 2. The van der Waals surface area contributed by atoms with Gasteiger partial charge in [0.25, 0.3) is 10.0 Å². The second kappa shape index (κ2) is 13.8. The molecule has 2 amide bonds. The van der Waals surface area contributed by atoms with Crippen molar-refractivity contribution in [2.45, 2.75) is 44.7 Å². The number of rotatable bonds is 13. The van der Waals surface area contributed by atoms with Crippen molar-refractivity contribution >= 4 is 27.5 Å². The van der Waals surface area contributed by atoms with Crippen LogP contribution in [0.15, 0.2) is 77.7 Å². The zero-order valence-electron chi connectivity index (χ0n) is 23.6. The Morgan fingerprint density at radius 1 is 0.975 bits per heavy atom. The van der Waals surface area contributed by atoms with Crippen LogP contribution >= 0.6 is 0 Å². The number of carbonyl (C=O) groups excluding carboxylic acids is 2. The summed E-state index contributed by atoms with van der Waals surface area (Å²) in [6, 6.07) is 19.5. The summed E-state index contributed by atoms with van der Waals surface area (Å²) in [6.07, 6.45) is 0.329. The molecule has 40 heavy (non-hydrogen) atoms. The molecule has 0 aliphatic carbocycles. The summed E-state index contributed by atoms with van der Waals surface area (Å²) in [7, 11) is -1.14. The van der Waals surface area contributed by atoms with E-state index >= 15 is 0 Å². The molecule has 0 heterocycles. The van der Waals surface area contributed by atoms with Crippen molar-refractivity contribution in [3.05, 3.63) is 83.9 Å². The van der Waals surface area contributed by atoms with E-state index < -0.39 is 28.5 Å². The van der Waals surface area contributed by atoms with Gasteiger partial charge in [-0.2, -0.15) is 0 Å². The van der Waals surface area contributed by atoms with Gasteiger partial charge in [0.15, 0.2) is 0 Å². The molecule has 0 aromatic heterocycles. The number of hydrogen-bond acceptors (Lipinski definition) is 6. The molecule has 0 fully saturated rings. The second-order valence-corrected chi connectivity index (χ2v) is 11.0. The maximum absolute atomic E-state index is 14.1. The second-order valence-electron chi connectivity index (χ2n) is 9.14. The Hall–Kier alpha value is -4.05. The van der Waals surface area contributed by atoms with Crippen LogP contribution in [0.2, 0.25) is 0 Å². The number of sulfonamides is 1. The van der Waals surface area contributed by atoms with Crippen molar-refractivity contribution < 1.29 is 27.5 Å². The van der Waals surface area contributed by atoms with Gasteiger partial charge in [-0.3, -0.25) is 13.9 Å². The summed E-state index contributed by atoms with van der Waals surface area (Å²) in [4.78, 5) is 28.4. The van der Waals surface area contributed by atoms with Crippen LogP contribution in [0, 0.1) is 6.92 Å². The zero-order valence-corrected chi connectivity index (χ0v) is 24.4. The van der Waals surface area contributed by atoms with Crippen LogP contribution in [0.25, 0.3) is 0 Å². The van der Waals surface area contributed by atoms with Crippen LogP contribution in [0.4, 0.5) is 5.69 Å². The molecule has 1 N–H and O–H groups in total. The van der Waals surface area contributed by atoms with E-state index in [0.29, 0.717) is 24.5 Å². The summed E-state index contributed by atoms with van der Waals surface area (Å²) < 4.78 is 40.2. The highest BCUT2D eigenvalue weighted by Crippen LogP contribution is 2.33.